The van der Waals surface area contributed by atoms with E-state index < -0.39 is 0 Å². The Balaban J connectivity index is 2.81. The molecular formula is C8H8O2. The number of hydrogen-bond donors (Lipinski definition) is 0. The van der Waals surface area contributed by atoms with E-state index in [9.17, 15) is 9.59 Å². The van der Waals surface area contributed by atoms with Gasteiger partial charge in [-0.25, -0.2) is 4.79 Å². The molecule has 10 heavy (non-hydrogen) atoms. The highest BCUT2D eigenvalue weighted by molar-refractivity contribution is 5.68. The Hall–Kier alpha value is -1.14. The average Bonchev–Trinajstić information content (AvgIpc) is 2.04. The summed E-state index contributed by atoms with van der Waals surface area (Å²) in [5.41, 5.74) is 0.581. The molecule has 0 fully saturated rings. The van der Waals surface area contributed by atoms with E-state index in [1.807, 2.05) is 12.2 Å². The molecule has 52 valence electrons. The molecule has 2 heteroatoms. The Morgan fingerprint density at radius 1 is 1.60 bits per heavy atom. The highest BCUT2D eigenvalue weighted by Crippen LogP contribution is 2.19. The molecule has 0 bridgehead atoms. The van der Waals surface area contributed by atoms with Crippen LogP contribution in [0.5, 0.6) is 0 Å². The molecule has 1 rings (SSSR count). The molecule has 0 saturated carbocycles. The van der Waals surface area contributed by atoms with Crippen molar-refractivity contribution in [1.29, 1.82) is 0 Å². The maximum Gasteiger partial charge on any atom is 0.128 e. The quantitative estimate of drug-likeness (QED) is 0.305. The van der Waals surface area contributed by atoms with Gasteiger partial charge in [0.2, 0.25) is 0 Å². The Morgan fingerprint density at radius 3 is 2.90 bits per heavy atom. The zero-order chi connectivity index (χ0) is 7.40. The lowest BCUT2D eigenvalue weighted by Crippen LogP contribution is -2.07. The van der Waals surface area contributed by atoms with E-state index in [1.54, 1.807) is 5.94 Å². The molecule has 1 atom stereocenters. The van der Waals surface area contributed by atoms with Crippen molar-refractivity contribution >= 4 is 12.2 Å². The Kier molecular flexibility index (Phi) is 2.19. The number of carbonyl (C=O) groups is 1. The molecule has 0 spiro atoms. The molecule has 1 aliphatic rings. The van der Waals surface area contributed by atoms with Gasteiger partial charge in [0.1, 0.15) is 12.2 Å². The van der Waals surface area contributed by atoms with Gasteiger partial charge in [-0.15, -0.1) is 0 Å². The van der Waals surface area contributed by atoms with E-state index in [0.29, 0.717) is 18.4 Å². The summed E-state index contributed by atoms with van der Waals surface area (Å²) in [5.74, 6) is 1.58. The van der Waals surface area contributed by atoms with Crippen LogP contribution in [0.3, 0.4) is 0 Å². The third-order valence-electron chi connectivity index (χ3n) is 1.64. The van der Waals surface area contributed by atoms with Gasteiger partial charge in [-0.3, -0.25) is 0 Å². The summed E-state index contributed by atoms with van der Waals surface area (Å²) < 4.78 is 0. The second-order valence-electron chi connectivity index (χ2n) is 2.28. The van der Waals surface area contributed by atoms with E-state index in [4.69, 9.17) is 0 Å². The van der Waals surface area contributed by atoms with Crippen LogP contribution < -0.4 is 0 Å². The van der Waals surface area contributed by atoms with Crippen molar-refractivity contribution in [3.8, 4) is 0 Å². The third-order valence-corrected chi connectivity index (χ3v) is 1.64. The third kappa shape index (κ3) is 1.23. The lowest BCUT2D eigenvalue weighted by atomic mass is 9.91. The van der Waals surface area contributed by atoms with Crippen LogP contribution in [0.4, 0.5) is 0 Å². The first-order valence-corrected chi connectivity index (χ1v) is 3.22. The van der Waals surface area contributed by atoms with Crippen molar-refractivity contribution in [2.24, 2.45) is 5.92 Å². The van der Waals surface area contributed by atoms with E-state index in [0.717, 1.165) is 6.29 Å². The van der Waals surface area contributed by atoms with Gasteiger partial charge in [-0.05, 0) is 12.8 Å². The second kappa shape index (κ2) is 3.14. The maximum absolute atomic E-state index is 10.3. The topological polar surface area (TPSA) is 34.1 Å². The fraction of sp³-hybridized carbons (Fsp3) is 0.375. The highest BCUT2D eigenvalue weighted by atomic mass is 16.1. The van der Waals surface area contributed by atoms with Gasteiger partial charge >= 0.3 is 0 Å². The summed E-state index contributed by atoms with van der Waals surface area (Å²) in [5, 5.41) is 0. The van der Waals surface area contributed by atoms with Gasteiger partial charge in [-0.1, -0.05) is 12.2 Å². The van der Waals surface area contributed by atoms with Crippen molar-refractivity contribution < 1.29 is 9.59 Å². The van der Waals surface area contributed by atoms with E-state index in [-0.39, 0.29) is 5.92 Å². The molecule has 0 amide bonds. The summed E-state index contributed by atoms with van der Waals surface area (Å²) in [4.78, 5) is 20.5. The van der Waals surface area contributed by atoms with Crippen LogP contribution in [-0.2, 0) is 9.59 Å². The first-order chi connectivity index (χ1) is 4.88. The first-order valence-electron chi connectivity index (χ1n) is 3.22. The summed E-state index contributed by atoms with van der Waals surface area (Å²) in [6.07, 6.45) is 5.87. The molecule has 0 aromatic rings. The minimum atomic E-state index is -0.206. The Bertz CT molecular complexity index is 209. The first kappa shape index (κ1) is 6.97. The van der Waals surface area contributed by atoms with Crippen LogP contribution in [0.25, 0.3) is 0 Å². The summed E-state index contributed by atoms with van der Waals surface area (Å²) in [7, 11) is 0. The molecule has 0 N–H and O–H groups in total. The molecular weight excluding hydrogens is 128 g/mol. The maximum atomic E-state index is 10.3. The van der Waals surface area contributed by atoms with Crippen LogP contribution in [0.15, 0.2) is 17.7 Å². The smallest absolute Gasteiger partial charge is 0.128 e. The van der Waals surface area contributed by atoms with Gasteiger partial charge in [0.15, 0.2) is 0 Å². The van der Waals surface area contributed by atoms with Gasteiger partial charge in [0, 0.05) is 5.57 Å². The van der Waals surface area contributed by atoms with Gasteiger partial charge in [-0.2, -0.15) is 0 Å². The SMILES string of the molecule is O=C=C1CC=CCC1C=O. The lowest BCUT2D eigenvalue weighted by molar-refractivity contribution is -0.110. The molecule has 2 nitrogen and oxygen atoms in total. The largest absolute Gasteiger partial charge is 0.303 e. The molecule has 0 aromatic carbocycles. The minimum absolute atomic E-state index is 0.206. The Morgan fingerprint density at radius 2 is 2.40 bits per heavy atom. The van der Waals surface area contributed by atoms with Crippen molar-refractivity contribution in [1.82, 2.24) is 0 Å². The predicted molar refractivity (Wildman–Crippen MR) is 37.1 cm³/mol. The zero-order valence-corrected chi connectivity index (χ0v) is 5.54. The average molecular weight is 136 g/mol. The minimum Gasteiger partial charge on any atom is -0.303 e. The number of aldehydes is 1. The van der Waals surface area contributed by atoms with Crippen molar-refractivity contribution in [2.75, 3.05) is 0 Å². The van der Waals surface area contributed by atoms with Crippen molar-refractivity contribution in [2.45, 2.75) is 12.8 Å². The van der Waals surface area contributed by atoms with E-state index in [2.05, 4.69) is 0 Å². The molecule has 1 unspecified atom stereocenters. The fourth-order valence-corrected chi connectivity index (χ4v) is 1.00. The summed E-state index contributed by atoms with van der Waals surface area (Å²) in [6, 6.07) is 0. The molecule has 0 radical (unpaired) electrons. The second-order valence-corrected chi connectivity index (χ2v) is 2.28. The van der Waals surface area contributed by atoms with Gasteiger partial charge < -0.3 is 4.79 Å². The van der Waals surface area contributed by atoms with Crippen LogP contribution in [0, 0.1) is 5.92 Å². The normalized spacial score (nSPS) is 24.0. The highest BCUT2D eigenvalue weighted by Gasteiger charge is 2.14. The number of rotatable bonds is 1. The van der Waals surface area contributed by atoms with Crippen LogP contribution in [-0.4, -0.2) is 12.2 Å². The Labute approximate surface area is 59.2 Å². The predicted octanol–water partition coefficient (Wildman–Crippen LogP) is 0.909. The lowest BCUT2D eigenvalue weighted by Gasteiger charge is -2.10. The molecule has 1 aliphatic carbocycles. The van der Waals surface area contributed by atoms with Crippen LogP contribution >= 0.6 is 0 Å². The van der Waals surface area contributed by atoms with Gasteiger partial charge in [0.05, 0.1) is 5.92 Å². The van der Waals surface area contributed by atoms with Gasteiger partial charge in [0.25, 0.3) is 0 Å². The molecule has 0 aromatic heterocycles. The van der Waals surface area contributed by atoms with E-state index >= 15 is 0 Å². The fourth-order valence-electron chi connectivity index (χ4n) is 1.00. The van der Waals surface area contributed by atoms with Crippen LogP contribution in [0.1, 0.15) is 12.8 Å². The van der Waals surface area contributed by atoms with E-state index in [1.165, 1.54) is 0 Å². The summed E-state index contributed by atoms with van der Waals surface area (Å²) >= 11 is 0. The molecule has 0 aliphatic heterocycles. The standard InChI is InChI=1S/C8H8O2/c9-5-7-3-1-2-4-8(7)6-10/h1-2,5,7H,3-4H2. The van der Waals surface area contributed by atoms with Crippen LogP contribution in [0.2, 0.25) is 0 Å². The van der Waals surface area contributed by atoms with Crippen molar-refractivity contribution in [3.63, 3.8) is 0 Å². The number of allylic oxidation sites excluding steroid dienone is 3. The van der Waals surface area contributed by atoms with Crippen molar-refractivity contribution in [3.05, 3.63) is 17.7 Å². The number of hydrogen-bond acceptors (Lipinski definition) is 2. The molecule has 0 heterocycles. The monoisotopic (exact) mass is 136 g/mol. The number of carbonyl (C=O) groups excluding carboxylic acids is 2. The molecule has 0 saturated heterocycles. The zero-order valence-electron chi connectivity index (χ0n) is 5.54. The summed E-state index contributed by atoms with van der Waals surface area (Å²) in [6.45, 7) is 0.